The van der Waals surface area contributed by atoms with Gasteiger partial charge in [0.2, 0.25) is 0 Å². The number of carbonyl (C=O) groups is 3. The number of carbonyl (C=O) groups excluding carboxylic acids is 3. The van der Waals surface area contributed by atoms with Crippen molar-refractivity contribution in [2.45, 2.75) is 13.0 Å². The fraction of sp³-hybridized carbons (Fsp3) is 0.200. The van der Waals surface area contributed by atoms with Gasteiger partial charge < -0.3 is 29.8 Å². The lowest BCUT2D eigenvalue weighted by molar-refractivity contribution is -0.136. The standard InChI is InChI=1S/C25H25N5O6/c1-14-22(24(32)35-3)23(29-25(33)28-14)15-8-9-19(20(10-15)34-2)36-13-21(31)30-27-12-16-11-26-18-7-5-4-6-17(16)18/h4-12,23,26H,13H2,1-3H3,(H,30,31)(H2,28,29,33)/b27-12-/t23-/m1/s1. The number of aromatic nitrogens is 1. The minimum Gasteiger partial charge on any atom is -0.493 e. The number of nitrogens with one attached hydrogen (secondary N) is 4. The van der Waals surface area contributed by atoms with Crippen LogP contribution in [0.5, 0.6) is 11.5 Å². The summed E-state index contributed by atoms with van der Waals surface area (Å²) in [6.45, 7) is 1.31. The molecular formula is C25H25N5O6. The van der Waals surface area contributed by atoms with Crippen molar-refractivity contribution >= 4 is 35.0 Å². The highest BCUT2D eigenvalue weighted by Gasteiger charge is 2.32. The Morgan fingerprint density at radius 1 is 1.14 bits per heavy atom. The number of allylic oxidation sites excluding steroid dienone is 1. The zero-order chi connectivity index (χ0) is 25.7. The number of nitrogens with zero attached hydrogens (tertiary/aromatic N) is 1. The van der Waals surface area contributed by atoms with Crippen molar-refractivity contribution in [2.24, 2.45) is 5.10 Å². The zero-order valence-electron chi connectivity index (χ0n) is 19.9. The number of hydrogen-bond acceptors (Lipinski definition) is 7. The number of hydrogen-bond donors (Lipinski definition) is 4. The molecule has 0 radical (unpaired) electrons. The lowest BCUT2D eigenvalue weighted by Gasteiger charge is -2.28. The minimum atomic E-state index is -0.753. The number of amides is 3. The molecule has 0 bridgehead atoms. The second-order valence-electron chi connectivity index (χ2n) is 7.84. The molecule has 0 saturated heterocycles. The molecule has 1 aromatic heterocycles. The number of urea groups is 1. The zero-order valence-corrected chi connectivity index (χ0v) is 19.9. The third-order valence-electron chi connectivity index (χ3n) is 5.57. The number of esters is 1. The molecule has 4 N–H and O–H groups in total. The average Bonchev–Trinajstić information content (AvgIpc) is 3.29. The van der Waals surface area contributed by atoms with Gasteiger partial charge in [-0.2, -0.15) is 5.10 Å². The van der Waals surface area contributed by atoms with E-state index < -0.39 is 23.9 Å². The predicted molar refractivity (Wildman–Crippen MR) is 132 cm³/mol. The summed E-state index contributed by atoms with van der Waals surface area (Å²) in [4.78, 5) is 39.7. The largest absolute Gasteiger partial charge is 0.493 e. The summed E-state index contributed by atoms with van der Waals surface area (Å²) in [5.74, 6) is -0.418. The Hall–Kier alpha value is -4.80. The molecule has 2 heterocycles. The molecule has 0 aliphatic carbocycles. The molecule has 2 aromatic carbocycles. The number of fused-ring (bicyclic) bond motifs is 1. The predicted octanol–water partition coefficient (Wildman–Crippen LogP) is 2.51. The fourth-order valence-corrected chi connectivity index (χ4v) is 3.86. The summed E-state index contributed by atoms with van der Waals surface area (Å²) in [6.07, 6.45) is 3.35. The van der Waals surface area contributed by atoms with Crippen molar-refractivity contribution in [1.29, 1.82) is 0 Å². The van der Waals surface area contributed by atoms with Crippen LogP contribution in [0.25, 0.3) is 10.9 Å². The summed E-state index contributed by atoms with van der Waals surface area (Å²) in [5, 5.41) is 10.3. The summed E-state index contributed by atoms with van der Waals surface area (Å²) < 4.78 is 15.9. The van der Waals surface area contributed by atoms with Crippen molar-refractivity contribution in [3.63, 3.8) is 0 Å². The molecule has 0 fully saturated rings. The van der Waals surface area contributed by atoms with Gasteiger partial charge in [-0.15, -0.1) is 0 Å². The molecular weight excluding hydrogens is 466 g/mol. The Kier molecular flexibility index (Phi) is 7.19. The van der Waals surface area contributed by atoms with E-state index in [1.807, 2.05) is 24.3 Å². The fourth-order valence-electron chi connectivity index (χ4n) is 3.86. The smallest absolute Gasteiger partial charge is 0.337 e. The monoisotopic (exact) mass is 491 g/mol. The van der Waals surface area contributed by atoms with E-state index in [0.717, 1.165) is 16.5 Å². The van der Waals surface area contributed by atoms with Gasteiger partial charge in [-0.1, -0.05) is 24.3 Å². The van der Waals surface area contributed by atoms with Crippen LogP contribution in [0.15, 0.2) is 65.0 Å². The molecule has 0 saturated carbocycles. The highest BCUT2D eigenvalue weighted by atomic mass is 16.5. The van der Waals surface area contributed by atoms with E-state index in [0.29, 0.717) is 22.8 Å². The molecule has 3 amide bonds. The summed E-state index contributed by atoms with van der Waals surface area (Å²) in [6, 6.07) is 11.4. The van der Waals surface area contributed by atoms with E-state index in [1.54, 1.807) is 37.5 Å². The topological polar surface area (TPSA) is 143 Å². The van der Waals surface area contributed by atoms with Gasteiger partial charge in [0.25, 0.3) is 5.91 Å². The summed E-state index contributed by atoms with van der Waals surface area (Å²) >= 11 is 0. The van der Waals surface area contributed by atoms with Crippen LogP contribution in [-0.4, -0.2) is 49.9 Å². The van der Waals surface area contributed by atoms with Gasteiger partial charge in [0.1, 0.15) is 0 Å². The van der Waals surface area contributed by atoms with Gasteiger partial charge in [0.05, 0.1) is 32.0 Å². The van der Waals surface area contributed by atoms with Gasteiger partial charge in [0, 0.05) is 28.4 Å². The Balaban J connectivity index is 1.42. The first-order chi connectivity index (χ1) is 17.4. The molecule has 4 rings (SSSR count). The summed E-state index contributed by atoms with van der Waals surface area (Å²) in [7, 11) is 2.71. The highest BCUT2D eigenvalue weighted by molar-refractivity contribution is 5.99. The molecule has 1 atom stereocenters. The second kappa shape index (κ2) is 10.6. The number of H-pyrrole nitrogens is 1. The first kappa shape index (κ1) is 24.3. The van der Waals surface area contributed by atoms with Crippen LogP contribution in [-0.2, 0) is 14.3 Å². The van der Waals surface area contributed by atoms with Crippen LogP contribution in [0.4, 0.5) is 4.79 Å². The van der Waals surface area contributed by atoms with Gasteiger partial charge >= 0.3 is 12.0 Å². The van der Waals surface area contributed by atoms with E-state index in [4.69, 9.17) is 14.2 Å². The molecule has 186 valence electrons. The van der Waals surface area contributed by atoms with Crippen LogP contribution >= 0.6 is 0 Å². The Morgan fingerprint density at radius 2 is 1.94 bits per heavy atom. The minimum absolute atomic E-state index is 0.264. The number of para-hydroxylation sites is 1. The van der Waals surface area contributed by atoms with Crippen molar-refractivity contribution < 1.29 is 28.6 Å². The number of methoxy groups -OCH3 is 2. The second-order valence-corrected chi connectivity index (χ2v) is 7.84. The summed E-state index contributed by atoms with van der Waals surface area (Å²) in [5.41, 5.74) is 5.46. The number of benzene rings is 2. The maximum Gasteiger partial charge on any atom is 0.337 e. The van der Waals surface area contributed by atoms with Crippen molar-refractivity contribution in [3.05, 3.63) is 71.1 Å². The third-order valence-corrected chi connectivity index (χ3v) is 5.57. The van der Waals surface area contributed by atoms with Crippen LogP contribution in [0.2, 0.25) is 0 Å². The molecule has 0 spiro atoms. The van der Waals surface area contributed by atoms with Gasteiger partial charge in [-0.05, 0) is 30.7 Å². The lowest BCUT2D eigenvalue weighted by Crippen LogP contribution is -2.45. The first-order valence-corrected chi connectivity index (χ1v) is 11.0. The number of rotatable bonds is 8. The lowest BCUT2D eigenvalue weighted by atomic mass is 9.95. The van der Waals surface area contributed by atoms with E-state index >= 15 is 0 Å². The maximum atomic E-state index is 12.3. The van der Waals surface area contributed by atoms with Gasteiger partial charge in [-0.25, -0.2) is 15.0 Å². The van der Waals surface area contributed by atoms with Crippen LogP contribution in [0.1, 0.15) is 24.1 Å². The van der Waals surface area contributed by atoms with Crippen LogP contribution < -0.4 is 25.5 Å². The normalized spacial score (nSPS) is 15.4. The number of aromatic amines is 1. The van der Waals surface area contributed by atoms with Gasteiger partial charge in [-0.3, -0.25) is 4.79 Å². The Bertz CT molecular complexity index is 1380. The van der Waals surface area contributed by atoms with Crippen molar-refractivity contribution in [2.75, 3.05) is 20.8 Å². The van der Waals surface area contributed by atoms with E-state index in [9.17, 15) is 14.4 Å². The molecule has 36 heavy (non-hydrogen) atoms. The quantitative estimate of drug-likeness (QED) is 0.217. The van der Waals surface area contributed by atoms with Crippen LogP contribution in [0, 0.1) is 0 Å². The van der Waals surface area contributed by atoms with Crippen molar-refractivity contribution in [3.8, 4) is 11.5 Å². The molecule has 1 aliphatic heterocycles. The van der Waals surface area contributed by atoms with Gasteiger partial charge in [0.15, 0.2) is 18.1 Å². The Labute approximate surface area is 206 Å². The SMILES string of the molecule is COC(=O)C1=C(C)NC(=O)N[C@@H]1c1ccc(OCC(=O)N/N=C\c2c[nH]c3ccccc23)c(OC)c1. The van der Waals surface area contributed by atoms with E-state index in [2.05, 4.69) is 26.1 Å². The molecule has 0 unspecified atom stereocenters. The molecule has 3 aromatic rings. The van der Waals surface area contributed by atoms with Crippen molar-refractivity contribution in [1.82, 2.24) is 21.0 Å². The van der Waals surface area contributed by atoms with E-state index in [1.165, 1.54) is 14.2 Å². The molecule has 11 heteroatoms. The number of ether oxygens (including phenoxy) is 3. The number of hydrazone groups is 1. The van der Waals surface area contributed by atoms with Crippen LogP contribution in [0.3, 0.4) is 0 Å². The third kappa shape index (κ3) is 5.14. The highest BCUT2D eigenvalue weighted by Crippen LogP contribution is 2.34. The van der Waals surface area contributed by atoms with E-state index in [-0.39, 0.29) is 12.2 Å². The Morgan fingerprint density at radius 3 is 2.72 bits per heavy atom. The first-order valence-electron chi connectivity index (χ1n) is 11.0. The average molecular weight is 492 g/mol. The molecule has 1 aliphatic rings. The maximum absolute atomic E-state index is 12.3. The molecule has 11 nitrogen and oxygen atoms in total.